The number of aliphatic hydroxyl groups is 1. The fraction of sp³-hybridized carbons (Fsp3) is 0.304. The van der Waals surface area contributed by atoms with Crippen molar-refractivity contribution in [1.29, 1.82) is 5.26 Å². The summed E-state index contributed by atoms with van der Waals surface area (Å²) in [5.74, 6) is 0.882. The minimum Gasteiger partial charge on any atom is -0.491 e. The van der Waals surface area contributed by atoms with Crippen molar-refractivity contribution in [3.8, 4) is 11.8 Å². The topological polar surface area (TPSA) is 82.8 Å². The second-order valence-corrected chi connectivity index (χ2v) is 7.81. The van der Waals surface area contributed by atoms with E-state index in [4.69, 9.17) is 9.47 Å². The Morgan fingerprint density at radius 3 is 2.76 bits per heavy atom. The van der Waals surface area contributed by atoms with Crippen LogP contribution in [0.3, 0.4) is 0 Å². The van der Waals surface area contributed by atoms with E-state index in [2.05, 4.69) is 6.07 Å². The number of benzene rings is 2. The van der Waals surface area contributed by atoms with Crippen molar-refractivity contribution in [2.75, 3.05) is 6.54 Å². The molecule has 2 aliphatic heterocycles. The summed E-state index contributed by atoms with van der Waals surface area (Å²) in [5.41, 5.74) is 1.20. The molecule has 29 heavy (non-hydrogen) atoms. The number of hydrogen-bond donors (Lipinski definition) is 1. The van der Waals surface area contributed by atoms with Crippen LogP contribution >= 0.6 is 0 Å². The van der Waals surface area contributed by atoms with Gasteiger partial charge in [-0.1, -0.05) is 30.3 Å². The molecule has 0 spiro atoms. The zero-order valence-electron chi connectivity index (χ0n) is 16.3. The molecule has 6 nitrogen and oxygen atoms in total. The third kappa shape index (κ3) is 3.57. The minimum atomic E-state index is -0.963. The molecule has 1 N–H and O–H groups in total. The Morgan fingerprint density at radius 2 is 2.03 bits per heavy atom. The van der Waals surface area contributed by atoms with E-state index in [9.17, 15) is 15.2 Å². The molecule has 2 aromatic carbocycles. The largest absolute Gasteiger partial charge is 0.491 e. The van der Waals surface area contributed by atoms with Gasteiger partial charge in [-0.15, -0.1) is 0 Å². The predicted octanol–water partition coefficient (Wildman–Crippen LogP) is 3.07. The fourth-order valence-corrected chi connectivity index (χ4v) is 3.76. The van der Waals surface area contributed by atoms with Gasteiger partial charge in [-0.2, -0.15) is 5.26 Å². The lowest BCUT2D eigenvalue weighted by Gasteiger charge is -2.45. The van der Waals surface area contributed by atoms with Crippen LogP contribution in [0.25, 0.3) is 0 Å². The van der Waals surface area contributed by atoms with Crippen LogP contribution < -0.4 is 4.74 Å². The highest BCUT2D eigenvalue weighted by atomic mass is 16.5. The van der Waals surface area contributed by atoms with Crippen molar-refractivity contribution in [3.05, 3.63) is 77.1 Å². The molecule has 0 saturated heterocycles. The van der Waals surface area contributed by atoms with Gasteiger partial charge in [-0.3, -0.25) is 4.79 Å². The Labute approximate surface area is 169 Å². The average Bonchev–Trinajstić information content (AvgIpc) is 3.08. The maximum absolute atomic E-state index is 12.8. The van der Waals surface area contributed by atoms with E-state index < -0.39 is 17.7 Å². The van der Waals surface area contributed by atoms with Crippen molar-refractivity contribution in [3.63, 3.8) is 0 Å². The third-order valence-electron chi connectivity index (χ3n) is 5.34. The van der Waals surface area contributed by atoms with E-state index in [1.54, 1.807) is 36.9 Å². The van der Waals surface area contributed by atoms with Crippen LogP contribution in [0.15, 0.2) is 60.4 Å². The summed E-state index contributed by atoms with van der Waals surface area (Å²) >= 11 is 0. The molecule has 2 aliphatic rings. The summed E-state index contributed by atoms with van der Waals surface area (Å²) in [5, 5.41) is 20.3. The standard InChI is InChI=1S/C23H22N2O4/c1-23(2)22(27)21(18-10-16(12-24)8-9-19(18)29-23)25-13-17(11-20(25)26)28-14-15-6-4-3-5-7-15/h3-11,21-22,27H,13-14H2,1-2H3. The molecule has 0 bridgehead atoms. The monoisotopic (exact) mass is 390 g/mol. The number of hydrogen-bond acceptors (Lipinski definition) is 5. The molecule has 0 saturated carbocycles. The Kier molecular flexibility index (Phi) is 4.77. The first kappa shape index (κ1) is 19.0. The highest BCUT2D eigenvalue weighted by Crippen LogP contribution is 2.44. The van der Waals surface area contributed by atoms with Gasteiger partial charge in [0, 0.05) is 11.6 Å². The van der Waals surface area contributed by atoms with Gasteiger partial charge in [0.2, 0.25) is 0 Å². The molecular formula is C23H22N2O4. The van der Waals surface area contributed by atoms with Gasteiger partial charge in [0.05, 0.1) is 24.2 Å². The number of nitrogens with zero attached hydrogens (tertiary/aromatic N) is 2. The molecule has 2 heterocycles. The summed E-state index contributed by atoms with van der Waals surface area (Å²) in [6, 6.07) is 16.2. The third-order valence-corrected chi connectivity index (χ3v) is 5.34. The number of rotatable bonds is 4. The molecule has 0 radical (unpaired) electrons. The lowest BCUT2D eigenvalue weighted by Crippen LogP contribution is -2.54. The van der Waals surface area contributed by atoms with Crippen LogP contribution in [0.4, 0.5) is 0 Å². The maximum Gasteiger partial charge on any atom is 0.251 e. The SMILES string of the molecule is CC1(C)Oc2ccc(C#N)cc2C(N2CC(OCc3ccccc3)=CC2=O)C1O. The van der Waals surface area contributed by atoms with Crippen LogP contribution in [0.1, 0.15) is 36.6 Å². The molecule has 0 aromatic heterocycles. The van der Waals surface area contributed by atoms with Crippen LogP contribution in [-0.2, 0) is 16.1 Å². The normalized spacial score (nSPS) is 22.3. The first-order valence-corrected chi connectivity index (χ1v) is 9.48. The van der Waals surface area contributed by atoms with E-state index in [-0.39, 0.29) is 12.5 Å². The van der Waals surface area contributed by atoms with E-state index in [1.807, 2.05) is 30.3 Å². The van der Waals surface area contributed by atoms with E-state index in [0.29, 0.717) is 29.2 Å². The quantitative estimate of drug-likeness (QED) is 0.868. The molecule has 2 atom stereocenters. The van der Waals surface area contributed by atoms with Crippen molar-refractivity contribution in [2.24, 2.45) is 0 Å². The summed E-state index contributed by atoms with van der Waals surface area (Å²) in [7, 11) is 0. The van der Waals surface area contributed by atoms with Gasteiger partial charge in [0.15, 0.2) is 0 Å². The Bertz CT molecular complexity index is 1010. The van der Waals surface area contributed by atoms with Gasteiger partial charge in [0.25, 0.3) is 5.91 Å². The molecular weight excluding hydrogens is 368 g/mol. The van der Waals surface area contributed by atoms with E-state index in [0.717, 1.165) is 5.56 Å². The Balaban J connectivity index is 1.59. The molecule has 6 heteroatoms. The van der Waals surface area contributed by atoms with Gasteiger partial charge in [-0.25, -0.2) is 0 Å². The smallest absolute Gasteiger partial charge is 0.251 e. The molecule has 2 aromatic rings. The van der Waals surface area contributed by atoms with E-state index >= 15 is 0 Å². The first-order valence-electron chi connectivity index (χ1n) is 9.48. The highest BCUT2D eigenvalue weighted by Gasteiger charge is 2.47. The van der Waals surface area contributed by atoms with Crippen molar-refractivity contribution in [2.45, 2.75) is 38.2 Å². The fourth-order valence-electron chi connectivity index (χ4n) is 3.76. The van der Waals surface area contributed by atoms with Crippen molar-refractivity contribution < 1.29 is 19.4 Å². The number of nitriles is 1. The Hall–Kier alpha value is -3.30. The number of amides is 1. The van der Waals surface area contributed by atoms with E-state index in [1.165, 1.54) is 6.08 Å². The number of fused-ring (bicyclic) bond motifs is 1. The highest BCUT2D eigenvalue weighted by molar-refractivity contribution is 5.91. The molecule has 1 amide bonds. The second-order valence-electron chi connectivity index (χ2n) is 7.81. The van der Waals surface area contributed by atoms with Crippen LogP contribution in [0.2, 0.25) is 0 Å². The van der Waals surface area contributed by atoms with Gasteiger partial charge in [0.1, 0.15) is 29.8 Å². The zero-order chi connectivity index (χ0) is 20.6. The molecule has 2 unspecified atom stereocenters. The molecule has 0 fully saturated rings. The number of carbonyl (C=O) groups excluding carboxylic acids is 1. The Morgan fingerprint density at radius 1 is 1.28 bits per heavy atom. The lowest BCUT2D eigenvalue weighted by molar-refractivity contribution is -0.137. The van der Waals surface area contributed by atoms with Crippen LogP contribution in [0, 0.1) is 11.3 Å². The summed E-state index contributed by atoms with van der Waals surface area (Å²) in [4.78, 5) is 14.3. The van der Waals surface area contributed by atoms with Gasteiger partial charge >= 0.3 is 0 Å². The first-order chi connectivity index (χ1) is 13.9. The predicted molar refractivity (Wildman–Crippen MR) is 106 cm³/mol. The summed E-state index contributed by atoms with van der Waals surface area (Å²) < 4.78 is 11.8. The van der Waals surface area contributed by atoms with Crippen molar-refractivity contribution >= 4 is 5.91 Å². The summed E-state index contributed by atoms with van der Waals surface area (Å²) in [6.45, 7) is 4.18. The molecule has 4 rings (SSSR count). The van der Waals surface area contributed by atoms with Crippen LogP contribution in [0.5, 0.6) is 5.75 Å². The zero-order valence-corrected chi connectivity index (χ0v) is 16.3. The summed E-state index contributed by atoms with van der Waals surface area (Å²) in [6.07, 6.45) is 0.501. The number of carbonyl (C=O) groups is 1. The minimum absolute atomic E-state index is 0.233. The lowest BCUT2D eigenvalue weighted by atomic mass is 9.85. The van der Waals surface area contributed by atoms with Crippen molar-refractivity contribution in [1.82, 2.24) is 4.90 Å². The number of ether oxygens (including phenoxy) is 2. The number of aliphatic hydroxyl groups excluding tert-OH is 1. The van der Waals surface area contributed by atoms with Crippen LogP contribution in [-0.4, -0.2) is 34.2 Å². The van der Waals surface area contributed by atoms with Gasteiger partial charge < -0.3 is 19.5 Å². The van der Waals surface area contributed by atoms with Gasteiger partial charge in [-0.05, 0) is 37.6 Å². The molecule has 0 aliphatic carbocycles. The molecule has 148 valence electrons. The maximum atomic E-state index is 12.8. The average molecular weight is 390 g/mol. The second kappa shape index (κ2) is 7.26.